The Kier molecular flexibility index (Phi) is 2.46. The minimum Gasteiger partial charge on any atom is -0.480 e. The van der Waals surface area contributed by atoms with Gasteiger partial charge in [-0.15, -0.1) is 0 Å². The van der Waals surface area contributed by atoms with E-state index in [0.717, 1.165) is 17.1 Å². The summed E-state index contributed by atoms with van der Waals surface area (Å²) in [5.74, 6) is -2.27. The molecule has 1 aliphatic heterocycles. The first kappa shape index (κ1) is 9.44. The normalized spacial score (nSPS) is 18.1. The number of carboxylic acids is 1. The van der Waals surface area contributed by atoms with Crippen molar-refractivity contribution < 1.29 is 19.5 Å². The number of rotatable bonds is 3. The Morgan fingerprint density at radius 1 is 1.46 bits per heavy atom. The molecule has 0 fully saturated rings. The zero-order chi connectivity index (χ0) is 10.0. The van der Waals surface area contributed by atoms with Crippen LogP contribution in [-0.2, 0) is 14.4 Å². The van der Waals surface area contributed by atoms with E-state index in [4.69, 9.17) is 5.11 Å². The van der Waals surface area contributed by atoms with Gasteiger partial charge in [0.15, 0.2) is 0 Å². The second kappa shape index (κ2) is 3.38. The summed E-state index contributed by atoms with van der Waals surface area (Å²) < 4.78 is 0. The van der Waals surface area contributed by atoms with E-state index in [0.29, 0.717) is 0 Å². The van der Waals surface area contributed by atoms with Crippen LogP contribution in [0.2, 0.25) is 0 Å². The predicted octanol–water partition coefficient (Wildman–Crippen LogP) is -0.225. The highest BCUT2D eigenvalue weighted by Crippen LogP contribution is 2.11. The van der Waals surface area contributed by atoms with Gasteiger partial charge >= 0.3 is 5.97 Å². The van der Waals surface area contributed by atoms with Crippen molar-refractivity contribution >= 4 is 17.8 Å². The first-order chi connectivity index (χ1) is 6.07. The largest absolute Gasteiger partial charge is 0.480 e. The summed E-state index contributed by atoms with van der Waals surface area (Å²) in [6, 6.07) is -1.05. The molecular weight excluding hydrogens is 174 g/mol. The lowest BCUT2D eigenvalue weighted by molar-refractivity contribution is -0.153. The highest BCUT2D eigenvalue weighted by Gasteiger charge is 2.34. The molecular formula is C8H9NO4. The molecule has 1 aliphatic rings. The quantitative estimate of drug-likeness (QED) is 0.613. The molecule has 0 spiro atoms. The summed E-state index contributed by atoms with van der Waals surface area (Å²) >= 11 is 0. The smallest absolute Gasteiger partial charge is 0.326 e. The molecule has 2 amide bonds. The molecule has 13 heavy (non-hydrogen) atoms. The molecule has 70 valence electrons. The van der Waals surface area contributed by atoms with Crippen LogP contribution in [0.1, 0.15) is 13.3 Å². The number of imide groups is 1. The molecule has 0 bridgehead atoms. The first-order valence-corrected chi connectivity index (χ1v) is 3.86. The second-order valence-electron chi connectivity index (χ2n) is 2.64. The van der Waals surface area contributed by atoms with E-state index in [1.54, 1.807) is 6.92 Å². The number of carbonyl (C=O) groups excluding carboxylic acids is 2. The van der Waals surface area contributed by atoms with Crippen LogP contribution in [0.3, 0.4) is 0 Å². The summed E-state index contributed by atoms with van der Waals surface area (Å²) in [5.41, 5.74) is 0. The Balaban J connectivity index is 2.87. The number of carbonyl (C=O) groups is 3. The Hall–Kier alpha value is -1.65. The van der Waals surface area contributed by atoms with E-state index in [1.165, 1.54) is 0 Å². The molecule has 1 heterocycles. The Bertz CT molecular complexity index is 277. The van der Waals surface area contributed by atoms with Gasteiger partial charge in [0.25, 0.3) is 11.8 Å². The number of carboxylic acid groups (broad SMARTS) is 1. The maximum absolute atomic E-state index is 11.0. The fourth-order valence-electron chi connectivity index (χ4n) is 1.19. The fraction of sp³-hybridized carbons (Fsp3) is 0.375. The van der Waals surface area contributed by atoms with Crippen molar-refractivity contribution in [2.45, 2.75) is 19.4 Å². The molecule has 0 saturated carbocycles. The molecule has 1 N–H and O–H groups in total. The maximum atomic E-state index is 11.0. The summed E-state index contributed by atoms with van der Waals surface area (Å²) in [7, 11) is 0. The van der Waals surface area contributed by atoms with Gasteiger partial charge < -0.3 is 5.11 Å². The van der Waals surface area contributed by atoms with Crippen LogP contribution in [0.5, 0.6) is 0 Å². The van der Waals surface area contributed by atoms with E-state index < -0.39 is 23.8 Å². The van der Waals surface area contributed by atoms with Crippen LogP contribution in [0.15, 0.2) is 12.2 Å². The highest BCUT2D eigenvalue weighted by atomic mass is 16.4. The van der Waals surface area contributed by atoms with Crippen LogP contribution in [0.4, 0.5) is 0 Å². The highest BCUT2D eigenvalue weighted by molar-refractivity contribution is 6.14. The average Bonchev–Trinajstić information content (AvgIpc) is 2.36. The first-order valence-electron chi connectivity index (χ1n) is 3.86. The third-order valence-electron chi connectivity index (χ3n) is 1.83. The third-order valence-corrected chi connectivity index (χ3v) is 1.83. The second-order valence-corrected chi connectivity index (χ2v) is 2.64. The lowest BCUT2D eigenvalue weighted by Crippen LogP contribution is -2.44. The minimum atomic E-state index is -1.16. The molecule has 0 radical (unpaired) electrons. The average molecular weight is 183 g/mol. The van der Waals surface area contributed by atoms with Crippen molar-refractivity contribution in [1.82, 2.24) is 4.90 Å². The molecule has 5 nitrogen and oxygen atoms in total. The SMILES string of the molecule is CC[C@H](C(=O)O)N1C(=O)C=CC1=O. The summed E-state index contributed by atoms with van der Waals surface area (Å²) in [5, 5.41) is 8.70. The van der Waals surface area contributed by atoms with Crippen LogP contribution >= 0.6 is 0 Å². The molecule has 0 unspecified atom stereocenters. The predicted molar refractivity (Wildman–Crippen MR) is 42.7 cm³/mol. The molecule has 1 rings (SSSR count). The zero-order valence-corrected chi connectivity index (χ0v) is 7.06. The summed E-state index contributed by atoms with van der Waals surface area (Å²) in [6.45, 7) is 1.61. The monoisotopic (exact) mass is 183 g/mol. The Morgan fingerprint density at radius 3 is 2.23 bits per heavy atom. The van der Waals surface area contributed by atoms with Gasteiger partial charge in [0.1, 0.15) is 6.04 Å². The number of hydrogen-bond acceptors (Lipinski definition) is 3. The number of hydrogen-bond donors (Lipinski definition) is 1. The summed E-state index contributed by atoms with van der Waals surface area (Å²) in [4.78, 5) is 33.5. The fourth-order valence-corrected chi connectivity index (χ4v) is 1.19. The molecule has 5 heteroatoms. The maximum Gasteiger partial charge on any atom is 0.326 e. The van der Waals surface area contributed by atoms with Crippen molar-refractivity contribution in [3.63, 3.8) is 0 Å². The van der Waals surface area contributed by atoms with Crippen molar-refractivity contribution in [1.29, 1.82) is 0 Å². The van der Waals surface area contributed by atoms with Crippen molar-refractivity contribution in [2.75, 3.05) is 0 Å². The van der Waals surface area contributed by atoms with Gasteiger partial charge in [0.2, 0.25) is 0 Å². The number of amides is 2. The van der Waals surface area contributed by atoms with E-state index in [9.17, 15) is 14.4 Å². The topological polar surface area (TPSA) is 74.7 Å². The number of aliphatic carboxylic acids is 1. The van der Waals surface area contributed by atoms with Gasteiger partial charge in [-0.1, -0.05) is 6.92 Å². The molecule has 0 aliphatic carbocycles. The van der Waals surface area contributed by atoms with Crippen LogP contribution in [0.25, 0.3) is 0 Å². The van der Waals surface area contributed by atoms with Gasteiger partial charge in [0.05, 0.1) is 0 Å². The van der Waals surface area contributed by atoms with Crippen LogP contribution < -0.4 is 0 Å². The minimum absolute atomic E-state index is 0.217. The molecule has 0 aromatic rings. The number of nitrogens with zero attached hydrogens (tertiary/aromatic N) is 1. The molecule has 1 atom stereocenters. The van der Waals surface area contributed by atoms with Gasteiger partial charge in [-0.2, -0.15) is 0 Å². The van der Waals surface area contributed by atoms with E-state index in [1.807, 2.05) is 0 Å². The van der Waals surface area contributed by atoms with E-state index in [-0.39, 0.29) is 6.42 Å². The van der Waals surface area contributed by atoms with Crippen molar-refractivity contribution in [3.8, 4) is 0 Å². The van der Waals surface area contributed by atoms with E-state index in [2.05, 4.69) is 0 Å². The zero-order valence-electron chi connectivity index (χ0n) is 7.06. The standard InChI is InChI=1S/C8H9NO4/c1-2-5(8(12)13)9-6(10)3-4-7(9)11/h3-5H,2H2,1H3,(H,12,13)/t5-/m1/s1. The Morgan fingerprint density at radius 2 is 1.92 bits per heavy atom. The molecule has 0 aromatic carbocycles. The third kappa shape index (κ3) is 1.58. The van der Waals surface area contributed by atoms with Gasteiger partial charge in [0, 0.05) is 12.2 Å². The van der Waals surface area contributed by atoms with Gasteiger partial charge in [-0.3, -0.25) is 14.5 Å². The van der Waals surface area contributed by atoms with Gasteiger partial charge in [-0.05, 0) is 6.42 Å². The van der Waals surface area contributed by atoms with Crippen LogP contribution in [-0.4, -0.2) is 33.8 Å². The molecule has 0 saturated heterocycles. The van der Waals surface area contributed by atoms with Crippen molar-refractivity contribution in [2.24, 2.45) is 0 Å². The Labute approximate surface area is 74.6 Å². The van der Waals surface area contributed by atoms with Crippen molar-refractivity contribution in [3.05, 3.63) is 12.2 Å². The van der Waals surface area contributed by atoms with Gasteiger partial charge in [-0.25, -0.2) is 4.79 Å². The lowest BCUT2D eigenvalue weighted by Gasteiger charge is -2.20. The lowest BCUT2D eigenvalue weighted by atomic mass is 10.2. The molecule has 0 aromatic heterocycles. The van der Waals surface area contributed by atoms with Crippen LogP contribution in [0, 0.1) is 0 Å². The summed E-state index contributed by atoms with van der Waals surface area (Å²) in [6.07, 6.45) is 2.37. The van der Waals surface area contributed by atoms with E-state index >= 15 is 0 Å².